The molecule has 2 heterocycles. The van der Waals surface area contributed by atoms with E-state index < -0.39 is 0 Å². The fourth-order valence-electron chi connectivity index (χ4n) is 7.01. The summed E-state index contributed by atoms with van der Waals surface area (Å²) in [5.41, 5.74) is 3.75. The molecule has 30 heavy (non-hydrogen) atoms. The molecule has 4 aliphatic rings. The molecule has 7 rings (SSSR count). The third-order valence-corrected chi connectivity index (χ3v) is 7.69. The SMILES string of the molecule is Cc1nn(-c2ccccc2)c2ncc(NC(=O)CC34CC5CC(CC(C5)C3)C4)cc12. The third kappa shape index (κ3) is 3.03. The summed E-state index contributed by atoms with van der Waals surface area (Å²) in [5.74, 6) is 2.75. The highest BCUT2D eigenvalue weighted by atomic mass is 16.1. The van der Waals surface area contributed by atoms with Crippen LogP contribution >= 0.6 is 0 Å². The average molecular weight is 401 g/mol. The quantitative estimate of drug-likeness (QED) is 0.649. The zero-order chi connectivity index (χ0) is 20.3. The van der Waals surface area contributed by atoms with Crippen LogP contribution in [0.4, 0.5) is 5.69 Å². The minimum absolute atomic E-state index is 0.145. The normalized spacial score (nSPS) is 29.4. The lowest BCUT2D eigenvalue weighted by Gasteiger charge is -2.56. The Morgan fingerprint density at radius 1 is 1.10 bits per heavy atom. The Balaban J connectivity index is 1.23. The maximum Gasteiger partial charge on any atom is 0.224 e. The minimum atomic E-state index is 0.145. The Kier molecular flexibility index (Phi) is 4.02. The van der Waals surface area contributed by atoms with Crippen LogP contribution in [-0.2, 0) is 4.79 Å². The van der Waals surface area contributed by atoms with Crippen LogP contribution in [-0.4, -0.2) is 20.7 Å². The van der Waals surface area contributed by atoms with Crippen LogP contribution in [0, 0.1) is 30.1 Å². The number of para-hydroxylation sites is 1. The van der Waals surface area contributed by atoms with E-state index in [0.29, 0.717) is 6.42 Å². The maximum absolute atomic E-state index is 13.0. The van der Waals surface area contributed by atoms with E-state index in [4.69, 9.17) is 0 Å². The Labute approximate surface area is 176 Å². The Morgan fingerprint density at radius 3 is 2.43 bits per heavy atom. The number of rotatable bonds is 4. The average Bonchev–Trinajstić information content (AvgIpc) is 3.03. The van der Waals surface area contributed by atoms with Crippen molar-refractivity contribution in [1.29, 1.82) is 0 Å². The zero-order valence-electron chi connectivity index (χ0n) is 17.5. The number of anilines is 1. The number of pyridine rings is 1. The largest absolute Gasteiger partial charge is 0.325 e. The highest BCUT2D eigenvalue weighted by Gasteiger charge is 2.51. The van der Waals surface area contributed by atoms with E-state index in [2.05, 4.69) is 15.4 Å². The second-order valence-corrected chi connectivity index (χ2v) is 10.1. The van der Waals surface area contributed by atoms with Crippen molar-refractivity contribution in [3.63, 3.8) is 0 Å². The summed E-state index contributed by atoms with van der Waals surface area (Å²) in [5, 5.41) is 8.79. The van der Waals surface area contributed by atoms with Gasteiger partial charge < -0.3 is 5.32 Å². The summed E-state index contributed by atoms with van der Waals surface area (Å²) in [4.78, 5) is 17.6. The lowest BCUT2D eigenvalue weighted by molar-refractivity contribution is -0.124. The predicted octanol–water partition coefficient (Wildman–Crippen LogP) is 5.27. The van der Waals surface area contributed by atoms with Gasteiger partial charge in [0.2, 0.25) is 5.91 Å². The van der Waals surface area contributed by atoms with Gasteiger partial charge in [-0.1, -0.05) is 18.2 Å². The lowest BCUT2D eigenvalue weighted by atomic mass is 9.49. The molecule has 1 N–H and O–H groups in total. The molecule has 1 amide bonds. The maximum atomic E-state index is 13.0. The number of nitrogens with zero attached hydrogens (tertiary/aromatic N) is 3. The van der Waals surface area contributed by atoms with Crippen LogP contribution in [0.2, 0.25) is 0 Å². The number of nitrogens with one attached hydrogen (secondary N) is 1. The molecule has 5 heteroatoms. The molecular weight excluding hydrogens is 372 g/mol. The molecule has 0 saturated heterocycles. The first kappa shape index (κ1) is 18.1. The van der Waals surface area contributed by atoms with E-state index in [9.17, 15) is 4.79 Å². The highest BCUT2D eigenvalue weighted by Crippen LogP contribution is 2.61. The molecule has 0 radical (unpaired) electrons. The second-order valence-electron chi connectivity index (χ2n) is 10.1. The molecule has 0 aliphatic heterocycles. The van der Waals surface area contributed by atoms with Gasteiger partial charge >= 0.3 is 0 Å². The molecule has 4 fully saturated rings. The van der Waals surface area contributed by atoms with Gasteiger partial charge in [0.15, 0.2) is 5.65 Å². The van der Waals surface area contributed by atoms with Crippen LogP contribution < -0.4 is 5.32 Å². The van der Waals surface area contributed by atoms with E-state index >= 15 is 0 Å². The van der Waals surface area contributed by atoms with Crippen LogP contribution in [0.5, 0.6) is 0 Å². The number of carbonyl (C=O) groups is 1. The van der Waals surface area contributed by atoms with Crippen molar-refractivity contribution in [3.05, 3.63) is 48.3 Å². The van der Waals surface area contributed by atoms with Gasteiger partial charge in [-0.25, -0.2) is 9.67 Å². The number of carbonyl (C=O) groups excluding carboxylic acids is 1. The van der Waals surface area contributed by atoms with E-state index in [0.717, 1.165) is 45.9 Å². The van der Waals surface area contributed by atoms with Gasteiger partial charge in [0.1, 0.15) is 0 Å². The summed E-state index contributed by atoms with van der Waals surface area (Å²) >= 11 is 0. The van der Waals surface area contributed by atoms with E-state index in [1.165, 1.54) is 38.5 Å². The molecule has 2 aromatic heterocycles. The van der Waals surface area contributed by atoms with Gasteiger partial charge in [0, 0.05) is 11.8 Å². The van der Waals surface area contributed by atoms with Gasteiger partial charge in [-0.2, -0.15) is 5.10 Å². The molecule has 4 bridgehead atoms. The zero-order valence-corrected chi connectivity index (χ0v) is 17.5. The molecule has 154 valence electrons. The monoisotopic (exact) mass is 400 g/mol. The van der Waals surface area contributed by atoms with Gasteiger partial charge in [-0.15, -0.1) is 0 Å². The number of hydrogen-bond donors (Lipinski definition) is 1. The standard InChI is InChI=1S/C25H28N4O/c1-16-22-10-20(15-26-24(22)29(28-16)21-5-3-2-4-6-21)27-23(30)14-25-11-17-7-18(12-25)9-19(8-17)13-25/h2-6,10,15,17-19H,7-9,11-14H2,1H3,(H,27,30). The van der Waals surface area contributed by atoms with Crippen molar-refractivity contribution < 1.29 is 4.79 Å². The molecule has 0 atom stereocenters. The molecule has 4 saturated carbocycles. The number of amides is 1. The molecule has 1 aromatic carbocycles. The van der Waals surface area contributed by atoms with Crippen LogP contribution in [0.15, 0.2) is 42.6 Å². The second kappa shape index (κ2) is 6.66. The molecular formula is C25H28N4O. The van der Waals surface area contributed by atoms with Gasteiger partial charge in [-0.05, 0) is 86.8 Å². The molecule has 0 spiro atoms. The van der Waals surface area contributed by atoms with E-state index in [-0.39, 0.29) is 11.3 Å². The smallest absolute Gasteiger partial charge is 0.224 e. The number of aryl methyl sites for hydroxylation is 1. The molecule has 4 aliphatic carbocycles. The molecule has 5 nitrogen and oxygen atoms in total. The topological polar surface area (TPSA) is 59.8 Å². The molecule has 0 unspecified atom stereocenters. The summed E-state index contributed by atoms with van der Waals surface area (Å²) in [6, 6.07) is 12.0. The molecule has 3 aromatic rings. The Bertz CT molecular complexity index is 1080. The summed E-state index contributed by atoms with van der Waals surface area (Å²) in [6.07, 6.45) is 10.4. The third-order valence-electron chi connectivity index (χ3n) is 7.69. The first-order valence-electron chi connectivity index (χ1n) is 11.3. The Hall–Kier alpha value is -2.69. The first-order valence-corrected chi connectivity index (χ1v) is 11.3. The van der Waals surface area contributed by atoms with Crippen molar-refractivity contribution in [3.8, 4) is 5.69 Å². The van der Waals surface area contributed by atoms with Crippen molar-refractivity contribution in [2.24, 2.45) is 23.2 Å². The van der Waals surface area contributed by atoms with Crippen molar-refractivity contribution >= 4 is 22.6 Å². The summed E-state index contributed by atoms with van der Waals surface area (Å²) in [7, 11) is 0. The minimum Gasteiger partial charge on any atom is -0.325 e. The predicted molar refractivity (Wildman–Crippen MR) is 117 cm³/mol. The highest BCUT2D eigenvalue weighted by molar-refractivity contribution is 5.93. The Morgan fingerprint density at radius 2 is 1.77 bits per heavy atom. The lowest BCUT2D eigenvalue weighted by Crippen LogP contribution is -2.47. The van der Waals surface area contributed by atoms with Crippen LogP contribution in [0.3, 0.4) is 0 Å². The van der Waals surface area contributed by atoms with E-state index in [1.54, 1.807) is 6.20 Å². The number of fused-ring (bicyclic) bond motifs is 1. The van der Waals surface area contributed by atoms with E-state index in [1.807, 2.05) is 48.0 Å². The van der Waals surface area contributed by atoms with Crippen LogP contribution in [0.25, 0.3) is 16.7 Å². The van der Waals surface area contributed by atoms with Gasteiger partial charge in [-0.3, -0.25) is 4.79 Å². The fourth-order valence-corrected chi connectivity index (χ4v) is 7.01. The number of hydrogen-bond acceptors (Lipinski definition) is 3. The first-order chi connectivity index (χ1) is 14.6. The van der Waals surface area contributed by atoms with Gasteiger partial charge in [0.25, 0.3) is 0 Å². The number of aromatic nitrogens is 3. The summed E-state index contributed by atoms with van der Waals surface area (Å²) < 4.78 is 1.87. The van der Waals surface area contributed by atoms with Crippen LogP contribution in [0.1, 0.15) is 50.6 Å². The van der Waals surface area contributed by atoms with Crippen molar-refractivity contribution in [2.45, 2.75) is 51.9 Å². The summed E-state index contributed by atoms with van der Waals surface area (Å²) in [6.45, 7) is 1.99. The number of benzene rings is 1. The van der Waals surface area contributed by atoms with Gasteiger partial charge in [0.05, 0.1) is 23.3 Å². The van der Waals surface area contributed by atoms with Crippen molar-refractivity contribution in [2.75, 3.05) is 5.32 Å². The van der Waals surface area contributed by atoms with Crippen molar-refractivity contribution in [1.82, 2.24) is 14.8 Å². The fraction of sp³-hybridized carbons (Fsp3) is 0.480.